The maximum atomic E-state index is 6.15. The van der Waals surface area contributed by atoms with Gasteiger partial charge in [0, 0.05) is 31.2 Å². The van der Waals surface area contributed by atoms with Crippen LogP contribution in [0.5, 0.6) is 0 Å². The fourth-order valence-corrected chi connectivity index (χ4v) is 3.47. The van der Waals surface area contributed by atoms with Crippen LogP contribution in [0.1, 0.15) is 59.3 Å². The average molecular weight is 269 g/mol. The molecule has 2 unspecified atom stereocenters. The van der Waals surface area contributed by atoms with E-state index in [9.17, 15) is 0 Å². The van der Waals surface area contributed by atoms with Crippen molar-refractivity contribution in [2.75, 3.05) is 33.2 Å². The molecule has 0 spiro atoms. The third-order valence-corrected chi connectivity index (χ3v) is 4.75. The van der Waals surface area contributed by atoms with Gasteiger partial charge in [-0.15, -0.1) is 0 Å². The molecule has 0 aliphatic carbocycles. The van der Waals surface area contributed by atoms with Crippen molar-refractivity contribution >= 4 is 0 Å². The van der Waals surface area contributed by atoms with Crippen LogP contribution in [-0.2, 0) is 0 Å². The largest absolute Gasteiger partial charge is 0.329 e. The van der Waals surface area contributed by atoms with Crippen molar-refractivity contribution in [1.82, 2.24) is 9.80 Å². The van der Waals surface area contributed by atoms with Crippen LogP contribution in [-0.4, -0.2) is 54.6 Å². The van der Waals surface area contributed by atoms with Crippen molar-refractivity contribution in [3.05, 3.63) is 0 Å². The van der Waals surface area contributed by atoms with Crippen LogP contribution in [0.2, 0.25) is 0 Å². The molecular formula is C16H35N3. The van der Waals surface area contributed by atoms with Gasteiger partial charge in [0.15, 0.2) is 0 Å². The summed E-state index contributed by atoms with van der Waals surface area (Å²) in [6.45, 7) is 11.4. The third-order valence-electron chi connectivity index (χ3n) is 4.75. The highest BCUT2D eigenvalue weighted by atomic mass is 15.3. The Hall–Kier alpha value is -0.120. The van der Waals surface area contributed by atoms with E-state index in [0.29, 0.717) is 6.04 Å². The fraction of sp³-hybridized carbons (Fsp3) is 1.00. The molecule has 19 heavy (non-hydrogen) atoms. The van der Waals surface area contributed by atoms with Gasteiger partial charge >= 0.3 is 0 Å². The number of nitrogens with zero attached hydrogens (tertiary/aromatic N) is 2. The maximum absolute atomic E-state index is 6.15. The van der Waals surface area contributed by atoms with E-state index in [-0.39, 0.29) is 5.54 Å². The van der Waals surface area contributed by atoms with Crippen molar-refractivity contribution in [1.29, 1.82) is 0 Å². The molecule has 2 N–H and O–H groups in total. The zero-order valence-electron chi connectivity index (χ0n) is 13.6. The molecule has 1 aliphatic rings. The van der Waals surface area contributed by atoms with Crippen molar-refractivity contribution < 1.29 is 0 Å². The highest BCUT2D eigenvalue weighted by Gasteiger charge is 2.34. The molecule has 1 saturated heterocycles. The molecule has 1 fully saturated rings. The first-order valence-corrected chi connectivity index (χ1v) is 8.19. The second-order valence-corrected chi connectivity index (χ2v) is 6.67. The van der Waals surface area contributed by atoms with Gasteiger partial charge in [-0.3, -0.25) is 4.90 Å². The number of hydrogen-bond donors (Lipinski definition) is 1. The molecule has 0 amide bonds. The Balaban J connectivity index is 2.59. The van der Waals surface area contributed by atoms with E-state index in [1.807, 2.05) is 0 Å². The summed E-state index contributed by atoms with van der Waals surface area (Å²) in [5.41, 5.74) is 6.34. The minimum absolute atomic E-state index is 0.193. The molecule has 0 aromatic rings. The van der Waals surface area contributed by atoms with E-state index >= 15 is 0 Å². The predicted molar refractivity (Wildman–Crippen MR) is 84.5 cm³/mol. The number of nitrogens with two attached hydrogens (primary N) is 1. The second kappa shape index (κ2) is 8.23. The second-order valence-electron chi connectivity index (χ2n) is 6.67. The lowest BCUT2D eigenvalue weighted by molar-refractivity contribution is 0.0612. The summed E-state index contributed by atoms with van der Waals surface area (Å²) in [6.07, 6.45) is 7.86. The van der Waals surface area contributed by atoms with Crippen LogP contribution in [0.25, 0.3) is 0 Å². The lowest BCUT2D eigenvalue weighted by atomic mass is 9.90. The molecule has 114 valence electrons. The molecule has 1 rings (SSSR count). The molecule has 0 aromatic carbocycles. The Morgan fingerprint density at radius 1 is 1.21 bits per heavy atom. The van der Waals surface area contributed by atoms with Crippen LogP contribution < -0.4 is 5.73 Å². The SMILES string of the molecule is CCCCCCC(C)(CN)N1CCCN(C)CC1C. The molecule has 3 nitrogen and oxygen atoms in total. The van der Waals surface area contributed by atoms with Crippen LogP contribution >= 0.6 is 0 Å². The van der Waals surface area contributed by atoms with Crippen LogP contribution in [0.15, 0.2) is 0 Å². The predicted octanol–water partition coefficient (Wildman–Crippen LogP) is 2.70. The Morgan fingerprint density at radius 3 is 2.58 bits per heavy atom. The van der Waals surface area contributed by atoms with Gasteiger partial charge in [-0.1, -0.05) is 32.6 Å². The van der Waals surface area contributed by atoms with Crippen LogP contribution in [0.4, 0.5) is 0 Å². The lowest BCUT2D eigenvalue weighted by Crippen LogP contribution is -2.56. The van der Waals surface area contributed by atoms with Crippen LogP contribution in [0.3, 0.4) is 0 Å². The van der Waals surface area contributed by atoms with E-state index in [4.69, 9.17) is 5.73 Å². The van der Waals surface area contributed by atoms with Gasteiger partial charge in [-0.25, -0.2) is 0 Å². The number of likely N-dealkylation sites (N-methyl/N-ethyl adjacent to an activating group) is 1. The summed E-state index contributed by atoms with van der Waals surface area (Å²) in [4.78, 5) is 5.14. The summed E-state index contributed by atoms with van der Waals surface area (Å²) in [5.74, 6) is 0. The maximum Gasteiger partial charge on any atom is 0.0306 e. The Labute approximate surface area is 120 Å². The quantitative estimate of drug-likeness (QED) is 0.721. The molecule has 0 aromatic heterocycles. The van der Waals surface area contributed by atoms with Gasteiger partial charge in [-0.2, -0.15) is 0 Å². The first-order chi connectivity index (χ1) is 9.03. The van der Waals surface area contributed by atoms with Crippen molar-refractivity contribution in [3.63, 3.8) is 0 Å². The van der Waals surface area contributed by atoms with Gasteiger partial charge in [0.05, 0.1) is 0 Å². The van der Waals surface area contributed by atoms with Gasteiger partial charge in [0.25, 0.3) is 0 Å². The topological polar surface area (TPSA) is 32.5 Å². The van der Waals surface area contributed by atoms with Gasteiger partial charge < -0.3 is 10.6 Å². The smallest absolute Gasteiger partial charge is 0.0306 e. The molecule has 3 heteroatoms. The minimum atomic E-state index is 0.193. The van der Waals surface area contributed by atoms with Gasteiger partial charge in [-0.05, 0) is 40.3 Å². The van der Waals surface area contributed by atoms with Crippen molar-refractivity contribution in [3.8, 4) is 0 Å². The molecule has 1 heterocycles. The average Bonchev–Trinajstić information content (AvgIpc) is 2.55. The Bertz CT molecular complexity index is 244. The highest BCUT2D eigenvalue weighted by Crippen LogP contribution is 2.26. The monoisotopic (exact) mass is 269 g/mol. The number of rotatable bonds is 7. The molecule has 0 bridgehead atoms. The van der Waals surface area contributed by atoms with E-state index in [1.165, 1.54) is 58.2 Å². The fourth-order valence-electron chi connectivity index (χ4n) is 3.47. The summed E-state index contributed by atoms with van der Waals surface area (Å²) >= 11 is 0. The minimum Gasteiger partial charge on any atom is -0.329 e. The molecule has 0 radical (unpaired) electrons. The third kappa shape index (κ3) is 5.05. The zero-order valence-corrected chi connectivity index (χ0v) is 13.6. The first kappa shape index (κ1) is 16.9. The van der Waals surface area contributed by atoms with Crippen molar-refractivity contribution in [2.24, 2.45) is 5.73 Å². The summed E-state index contributed by atoms with van der Waals surface area (Å²) in [6, 6.07) is 0.618. The summed E-state index contributed by atoms with van der Waals surface area (Å²) in [5, 5.41) is 0. The van der Waals surface area contributed by atoms with E-state index in [1.54, 1.807) is 0 Å². The number of unbranched alkanes of at least 4 members (excludes halogenated alkanes) is 3. The van der Waals surface area contributed by atoms with E-state index in [0.717, 1.165) is 6.54 Å². The number of hydrogen-bond acceptors (Lipinski definition) is 3. The van der Waals surface area contributed by atoms with E-state index in [2.05, 4.69) is 37.6 Å². The van der Waals surface area contributed by atoms with Gasteiger partial charge in [0.2, 0.25) is 0 Å². The zero-order chi connectivity index (χ0) is 14.3. The van der Waals surface area contributed by atoms with E-state index < -0.39 is 0 Å². The summed E-state index contributed by atoms with van der Waals surface area (Å²) < 4.78 is 0. The molecule has 1 aliphatic heterocycles. The molecule has 2 atom stereocenters. The lowest BCUT2D eigenvalue weighted by Gasteiger charge is -2.44. The standard InChI is InChI=1S/C16H35N3/c1-5-6-7-8-10-16(3,14-17)19-12-9-11-18(4)13-15(19)2/h15H,5-14,17H2,1-4H3. The van der Waals surface area contributed by atoms with Gasteiger partial charge in [0.1, 0.15) is 0 Å². The molecule has 0 saturated carbocycles. The molecular weight excluding hydrogens is 234 g/mol. The normalized spacial score (nSPS) is 26.1. The first-order valence-electron chi connectivity index (χ1n) is 8.19. The summed E-state index contributed by atoms with van der Waals surface area (Å²) in [7, 11) is 2.24. The Kier molecular flexibility index (Phi) is 7.33. The van der Waals surface area contributed by atoms with Crippen LogP contribution in [0, 0.1) is 0 Å². The van der Waals surface area contributed by atoms with Crippen molar-refractivity contribution in [2.45, 2.75) is 70.9 Å². The highest BCUT2D eigenvalue weighted by molar-refractivity contribution is 4.92. The Morgan fingerprint density at radius 2 is 1.95 bits per heavy atom.